The van der Waals surface area contributed by atoms with Crippen LogP contribution in [0.25, 0.3) is 0 Å². The predicted octanol–water partition coefficient (Wildman–Crippen LogP) is 1.56. The molecular weight excluding hydrogens is 170 g/mol. The highest BCUT2D eigenvalue weighted by Gasteiger charge is 2.40. The van der Waals surface area contributed by atoms with E-state index in [0.717, 1.165) is 6.61 Å². The minimum Gasteiger partial charge on any atom is -0.366 e. The molecule has 0 aromatic rings. The molecule has 0 aromatic heterocycles. The second kappa shape index (κ2) is 3.20. The van der Waals surface area contributed by atoms with Gasteiger partial charge in [0.05, 0.1) is 6.61 Å². The van der Waals surface area contributed by atoms with Crippen molar-refractivity contribution in [2.45, 2.75) is 29.9 Å². The Morgan fingerprint density at radius 3 is 2.58 bits per heavy atom. The molecular formula is C9H17NOS. The van der Waals surface area contributed by atoms with Gasteiger partial charge in [0, 0.05) is 4.75 Å². The average molecular weight is 187 g/mol. The molecule has 70 valence electrons. The van der Waals surface area contributed by atoms with Gasteiger partial charge < -0.3 is 9.64 Å². The van der Waals surface area contributed by atoms with Crippen LogP contribution in [0.3, 0.4) is 0 Å². The molecule has 12 heavy (non-hydrogen) atoms. The number of nitrogens with zero attached hydrogens (tertiary/aromatic N) is 1. The molecule has 0 saturated carbocycles. The summed E-state index contributed by atoms with van der Waals surface area (Å²) in [5.74, 6) is 0. The lowest BCUT2D eigenvalue weighted by Crippen LogP contribution is -2.41. The van der Waals surface area contributed by atoms with E-state index in [2.05, 4.69) is 18.9 Å². The molecule has 2 fully saturated rings. The van der Waals surface area contributed by atoms with E-state index in [1.807, 2.05) is 11.8 Å². The van der Waals surface area contributed by atoms with E-state index < -0.39 is 0 Å². The minimum absolute atomic E-state index is 0.424. The lowest BCUT2D eigenvalue weighted by molar-refractivity contribution is 0.106. The molecule has 2 saturated heterocycles. The first-order chi connectivity index (χ1) is 5.70. The summed E-state index contributed by atoms with van der Waals surface area (Å²) < 4.78 is 6.10. The molecule has 0 radical (unpaired) electrons. The third-order valence-electron chi connectivity index (χ3n) is 2.90. The Morgan fingerprint density at radius 1 is 1.42 bits per heavy atom. The Balaban J connectivity index is 1.95. The fourth-order valence-electron chi connectivity index (χ4n) is 1.98. The summed E-state index contributed by atoms with van der Waals surface area (Å²) in [7, 11) is 2.21. The number of hydrogen-bond acceptors (Lipinski definition) is 3. The zero-order chi connectivity index (χ0) is 8.60. The summed E-state index contributed by atoms with van der Waals surface area (Å²) in [6.45, 7) is 5.62. The lowest BCUT2D eigenvalue weighted by Gasteiger charge is -2.35. The van der Waals surface area contributed by atoms with Crippen molar-refractivity contribution in [2.75, 3.05) is 26.7 Å². The molecule has 3 heteroatoms. The van der Waals surface area contributed by atoms with E-state index in [-0.39, 0.29) is 0 Å². The second-order valence-electron chi connectivity index (χ2n) is 3.98. The zero-order valence-electron chi connectivity index (χ0n) is 7.88. The first-order valence-electron chi connectivity index (χ1n) is 4.68. The number of piperidine rings is 1. The zero-order valence-corrected chi connectivity index (χ0v) is 8.69. The Morgan fingerprint density at radius 2 is 2.08 bits per heavy atom. The third-order valence-corrected chi connectivity index (χ3v) is 4.39. The van der Waals surface area contributed by atoms with E-state index in [4.69, 9.17) is 4.74 Å². The van der Waals surface area contributed by atoms with Crippen LogP contribution in [0.2, 0.25) is 0 Å². The standard InChI is InChI=1S/C9H17NOS/c1-8-11-7-9(12-8)3-5-10(2)6-4-9/h8H,3-7H2,1-2H3. The maximum Gasteiger partial charge on any atom is 0.101 e. The van der Waals surface area contributed by atoms with Crippen LogP contribution in [0.5, 0.6) is 0 Å². The fraction of sp³-hybridized carbons (Fsp3) is 1.00. The quantitative estimate of drug-likeness (QED) is 0.571. The smallest absolute Gasteiger partial charge is 0.101 e. The monoisotopic (exact) mass is 187 g/mol. The average Bonchev–Trinajstić information content (AvgIpc) is 2.40. The van der Waals surface area contributed by atoms with Gasteiger partial charge in [-0.15, -0.1) is 11.8 Å². The van der Waals surface area contributed by atoms with Gasteiger partial charge in [-0.05, 0) is 39.9 Å². The van der Waals surface area contributed by atoms with Crippen LogP contribution in [0, 0.1) is 0 Å². The van der Waals surface area contributed by atoms with Gasteiger partial charge >= 0.3 is 0 Å². The van der Waals surface area contributed by atoms with Gasteiger partial charge in [0.25, 0.3) is 0 Å². The lowest BCUT2D eigenvalue weighted by atomic mass is 9.97. The van der Waals surface area contributed by atoms with Crippen LogP contribution in [-0.4, -0.2) is 41.8 Å². The maximum atomic E-state index is 5.63. The highest BCUT2D eigenvalue weighted by Crippen LogP contribution is 2.44. The first kappa shape index (κ1) is 8.85. The van der Waals surface area contributed by atoms with Gasteiger partial charge in [0.15, 0.2) is 0 Å². The highest BCUT2D eigenvalue weighted by atomic mass is 32.2. The van der Waals surface area contributed by atoms with Crippen LogP contribution in [0.1, 0.15) is 19.8 Å². The summed E-state index contributed by atoms with van der Waals surface area (Å²) in [5, 5.41) is 0. The van der Waals surface area contributed by atoms with Crippen molar-refractivity contribution in [3.05, 3.63) is 0 Å². The van der Waals surface area contributed by atoms with Crippen molar-refractivity contribution < 1.29 is 4.74 Å². The molecule has 0 N–H and O–H groups in total. The SMILES string of the molecule is CC1OCC2(CCN(C)CC2)S1. The van der Waals surface area contributed by atoms with E-state index in [9.17, 15) is 0 Å². The molecule has 2 heterocycles. The van der Waals surface area contributed by atoms with Crippen molar-refractivity contribution in [3.63, 3.8) is 0 Å². The van der Waals surface area contributed by atoms with E-state index >= 15 is 0 Å². The number of rotatable bonds is 0. The third kappa shape index (κ3) is 1.63. The molecule has 1 atom stereocenters. The van der Waals surface area contributed by atoms with Crippen LogP contribution in [-0.2, 0) is 4.74 Å². The van der Waals surface area contributed by atoms with Crippen molar-refractivity contribution in [3.8, 4) is 0 Å². The van der Waals surface area contributed by atoms with Gasteiger partial charge in [-0.25, -0.2) is 0 Å². The van der Waals surface area contributed by atoms with Crippen LogP contribution < -0.4 is 0 Å². The number of ether oxygens (including phenoxy) is 1. The van der Waals surface area contributed by atoms with Crippen molar-refractivity contribution in [1.82, 2.24) is 4.90 Å². The summed E-state index contributed by atoms with van der Waals surface area (Å²) >= 11 is 2.04. The Labute approximate surface area is 78.6 Å². The fourth-order valence-corrected chi connectivity index (χ4v) is 3.37. The highest BCUT2D eigenvalue weighted by molar-refractivity contribution is 8.01. The van der Waals surface area contributed by atoms with Gasteiger partial charge in [-0.1, -0.05) is 0 Å². The van der Waals surface area contributed by atoms with Crippen molar-refractivity contribution in [1.29, 1.82) is 0 Å². The topological polar surface area (TPSA) is 12.5 Å². The molecule has 0 aromatic carbocycles. The first-order valence-corrected chi connectivity index (χ1v) is 5.56. The van der Waals surface area contributed by atoms with Crippen LogP contribution >= 0.6 is 11.8 Å². The summed E-state index contributed by atoms with van der Waals surface area (Å²) in [6, 6.07) is 0. The second-order valence-corrected chi connectivity index (χ2v) is 5.75. The summed E-state index contributed by atoms with van der Waals surface area (Å²) in [4.78, 5) is 2.41. The molecule has 1 spiro atoms. The number of hydrogen-bond donors (Lipinski definition) is 0. The molecule has 0 bridgehead atoms. The Hall–Kier alpha value is 0.270. The van der Waals surface area contributed by atoms with Gasteiger partial charge in [0.1, 0.15) is 5.44 Å². The number of thioether (sulfide) groups is 1. The number of likely N-dealkylation sites (tertiary alicyclic amines) is 1. The summed E-state index contributed by atoms with van der Waals surface area (Å²) in [5.41, 5.74) is 0.424. The molecule has 1 unspecified atom stereocenters. The van der Waals surface area contributed by atoms with Crippen molar-refractivity contribution in [2.24, 2.45) is 0 Å². The molecule has 2 aliphatic heterocycles. The largest absolute Gasteiger partial charge is 0.366 e. The van der Waals surface area contributed by atoms with Gasteiger partial charge in [0.2, 0.25) is 0 Å². The van der Waals surface area contributed by atoms with E-state index in [1.165, 1.54) is 25.9 Å². The normalized spacial score (nSPS) is 36.0. The van der Waals surface area contributed by atoms with Crippen LogP contribution in [0.4, 0.5) is 0 Å². The van der Waals surface area contributed by atoms with Gasteiger partial charge in [-0.2, -0.15) is 0 Å². The minimum atomic E-state index is 0.424. The van der Waals surface area contributed by atoms with Gasteiger partial charge in [-0.3, -0.25) is 0 Å². The Bertz CT molecular complexity index is 166. The molecule has 2 nitrogen and oxygen atoms in total. The molecule has 0 amide bonds. The summed E-state index contributed by atoms with van der Waals surface area (Å²) in [6.07, 6.45) is 2.61. The van der Waals surface area contributed by atoms with E-state index in [1.54, 1.807) is 0 Å². The maximum absolute atomic E-state index is 5.63. The molecule has 0 aliphatic carbocycles. The molecule has 2 rings (SSSR count). The van der Waals surface area contributed by atoms with Crippen LogP contribution in [0.15, 0.2) is 0 Å². The molecule has 2 aliphatic rings. The van der Waals surface area contributed by atoms with E-state index in [0.29, 0.717) is 10.2 Å². The van der Waals surface area contributed by atoms with Crippen molar-refractivity contribution >= 4 is 11.8 Å². The predicted molar refractivity (Wildman–Crippen MR) is 52.5 cm³/mol. The Kier molecular flexibility index (Phi) is 2.36.